The predicted molar refractivity (Wildman–Crippen MR) is 81.8 cm³/mol. The normalized spacial score (nSPS) is 18.4. The van der Waals surface area contributed by atoms with Crippen LogP contribution in [0.4, 0.5) is 0 Å². The highest BCUT2D eigenvalue weighted by Crippen LogP contribution is 2.43. The summed E-state index contributed by atoms with van der Waals surface area (Å²) in [5, 5.41) is 3.71. The number of aryl methyl sites for hydroxylation is 1. The van der Waals surface area contributed by atoms with Crippen LogP contribution in [0.15, 0.2) is 36.7 Å². The van der Waals surface area contributed by atoms with Crippen LogP contribution < -0.4 is 5.32 Å². The molecule has 2 atom stereocenters. The van der Waals surface area contributed by atoms with Crippen molar-refractivity contribution in [2.24, 2.45) is 0 Å². The van der Waals surface area contributed by atoms with Gasteiger partial charge in [0.05, 0.1) is 6.04 Å². The van der Waals surface area contributed by atoms with E-state index in [1.165, 1.54) is 17.0 Å². The monoisotopic (exact) mass is 269 g/mol. The van der Waals surface area contributed by atoms with Gasteiger partial charge in [0.25, 0.3) is 0 Å². The highest BCUT2D eigenvalue weighted by Gasteiger charge is 2.35. The number of aromatic nitrogens is 2. The van der Waals surface area contributed by atoms with E-state index in [4.69, 9.17) is 0 Å². The summed E-state index contributed by atoms with van der Waals surface area (Å²) in [4.78, 5) is 4.62. The first-order chi connectivity index (χ1) is 9.85. The number of hydrogen-bond donors (Lipinski definition) is 1. The molecule has 0 amide bonds. The van der Waals surface area contributed by atoms with Crippen molar-refractivity contribution in [3.63, 3.8) is 0 Å². The number of nitrogens with zero attached hydrogens (tertiary/aromatic N) is 2. The number of fused-ring (bicyclic) bond motifs is 1. The first kappa shape index (κ1) is 13.4. The molecule has 3 rings (SSSR count). The van der Waals surface area contributed by atoms with Crippen LogP contribution in [0, 0.1) is 0 Å². The summed E-state index contributed by atoms with van der Waals surface area (Å²) in [6.07, 6.45) is 6.32. The van der Waals surface area contributed by atoms with Gasteiger partial charge in [0.1, 0.15) is 5.82 Å². The van der Waals surface area contributed by atoms with E-state index in [0.29, 0.717) is 12.0 Å². The summed E-state index contributed by atoms with van der Waals surface area (Å²) >= 11 is 0. The summed E-state index contributed by atoms with van der Waals surface area (Å²) < 4.78 is 2.26. The third kappa shape index (κ3) is 2.27. The van der Waals surface area contributed by atoms with Crippen LogP contribution in [0.1, 0.15) is 49.2 Å². The van der Waals surface area contributed by atoms with Gasteiger partial charge in [-0.1, -0.05) is 31.2 Å². The fourth-order valence-corrected chi connectivity index (χ4v) is 3.18. The fraction of sp³-hybridized carbons (Fsp3) is 0.471. The van der Waals surface area contributed by atoms with E-state index < -0.39 is 0 Å². The maximum atomic E-state index is 4.62. The number of benzene rings is 1. The molecule has 3 heteroatoms. The molecule has 0 saturated heterocycles. The molecule has 0 saturated carbocycles. The standard InChI is InChI=1S/C17H23N3/c1-3-9-18-16(17-19-10-11-20(17)4-2)15-12-13-7-5-6-8-14(13)15/h5-8,10-11,15-16,18H,3-4,9,12H2,1-2H3. The molecule has 0 fully saturated rings. The lowest BCUT2D eigenvalue weighted by Crippen LogP contribution is -2.35. The lowest BCUT2D eigenvalue weighted by molar-refractivity contribution is 0.383. The summed E-state index contributed by atoms with van der Waals surface area (Å²) in [6.45, 7) is 6.41. The van der Waals surface area contributed by atoms with Gasteiger partial charge < -0.3 is 9.88 Å². The third-order valence-electron chi connectivity index (χ3n) is 4.28. The second kappa shape index (κ2) is 5.80. The highest BCUT2D eigenvalue weighted by molar-refractivity contribution is 5.42. The maximum Gasteiger partial charge on any atom is 0.126 e. The zero-order valence-corrected chi connectivity index (χ0v) is 12.3. The van der Waals surface area contributed by atoms with Gasteiger partial charge in [0.2, 0.25) is 0 Å². The van der Waals surface area contributed by atoms with E-state index in [-0.39, 0.29) is 0 Å². The Bertz CT molecular complexity index is 573. The van der Waals surface area contributed by atoms with Crippen molar-refractivity contribution in [2.75, 3.05) is 6.54 Å². The van der Waals surface area contributed by atoms with Gasteiger partial charge in [0, 0.05) is 24.9 Å². The van der Waals surface area contributed by atoms with Crippen LogP contribution in [0.2, 0.25) is 0 Å². The van der Waals surface area contributed by atoms with Crippen molar-refractivity contribution >= 4 is 0 Å². The smallest absolute Gasteiger partial charge is 0.126 e. The van der Waals surface area contributed by atoms with Gasteiger partial charge in [0.15, 0.2) is 0 Å². The molecular weight excluding hydrogens is 246 g/mol. The molecule has 0 aliphatic heterocycles. The van der Waals surface area contributed by atoms with Gasteiger partial charge in [-0.2, -0.15) is 0 Å². The van der Waals surface area contributed by atoms with Crippen molar-refractivity contribution in [1.29, 1.82) is 0 Å². The molecule has 0 bridgehead atoms. The van der Waals surface area contributed by atoms with Crippen LogP contribution >= 0.6 is 0 Å². The third-order valence-corrected chi connectivity index (χ3v) is 4.28. The van der Waals surface area contributed by atoms with Gasteiger partial charge in [-0.15, -0.1) is 0 Å². The Kier molecular flexibility index (Phi) is 3.88. The number of hydrogen-bond acceptors (Lipinski definition) is 2. The average molecular weight is 269 g/mol. The molecule has 1 N–H and O–H groups in total. The van der Waals surface area contributed by atoms with Crippen molar-refractivity contribution < 1.29 is 0 Å². The van der Waals surface area contributed by atoms with E-state index in [0.717, 1.165) is 25.9 Å². The molecule has 1 aromatic heterocycles. The van der Waals surface area contributed by atoms with E-state index >= 15 is 0 Å². The molecule has 0 spiro atoms. The van der Waals surface area contributed by atoms with Gasteiger partial charge in [-0.3, -0.25) is 0 Å². The van der Waals surface area contributed by atoms with Gasteiger partial charge in [-0.05, 0) is 37.4 Å². The fourth-order valence-electron chi connectivity index (χ4n) is 3.18. The van der Waals surface area contributed by atoms with Crippen LogP contribution in [0.5, 0.6) is 0 Å². The average Bonchev–Trinajstić information content (AvgIpc) is 2.92. The molecule has 3 nitrogen and oxygen atoms in total. The first-order valence-electron chi connectivity index (χ1n) is 7.67. The second-order valence-electron chi connectivity index (χ2n) is 5.51. The van der Waals surface area contributed by atoms with Crippen LogP contribution in [0.25, 0.3) is 0 Å². The molecule has 1 aliphatic rings. The lowest BCUT2D eigenvalue weighted by Gasteiger charge is -2.37. The van der Waals surface area contributed by atoms with Crippen molar-refractivity contribution in [1.82, 2.24) is 14.9 Å². The predicted octanol–water partition coefficient (Wildman–Crippen LogP) is 3.28. The summed E-state index contributed by atoms with van der Waals surface area (Å²) in [5.74, 6) is 1.74. The molecule has 1 heterocycles. The lowest BCUT2D eigenvalue weighted by atomic mass is 9.73. The molecule has 106 valence electrons. The Balaban J connectivity index is 1.88. The van der Waals surface area contributed by atoms with Crippen LogP contribution in [-0.2, 0) is 13.0 Å². The number of nitrogens with one attached hydrogen (secondary N) is 1. The second-order valence-corrected chi connectivity index (χ2v) is 5.51. The number of imidazole rings is 1. The van der Waals surface area contributed by atoms with E-state index in [2.05, 4.69) is 59.2 Å². The minimum Gasteiger partial charge on any atom is -0.334 e. The minimum absolute atomic E-state index is 0.333. The molecule has 2 unspecified atom stereocenters. The molecule has 0 radical (unpaired) electrons. The van der Waals surface area contributed by atoms with Crippen molar-refractivity contribution in [3.8, 4) is 0 Å². The first-order valence-corrected chi connectivity index (χ1v) is 7.67. The Labute approximate surface area is 121 Å². The molecule has 20 heavy (non-hydrogen) atoms. The van der Waals surface area contributed by atoms with Crippen LogP contribution in [-0.4, -0.2) is 16.1 Å². The van der Waals surface area contributed by atoms with Gasteiger partial charge >= 0.3 is 0 Å². The van der Waals surface area contributed by atoms with Crippen molar-refractivity contribution in [3.05, 3.63) is 53.6 Å². The zero-order valence-electron chi connectivity index (χ0n) is 12.3. The molecule has 1 aromatic carbocycles. The summed E-state index contributed by atoms with van der Waals surface area (Å²) in [7, 11) is 0. The SMILES string of the molecule is CCCNC(c1nccn1CC)C1Cc2ccccc21. The molecule has 2 aromatic rings. The van der Waals surface area contributed by atoms with Crippen LogP contribution in [0.3, 0.4) is 0 Å². The minimum atomic E-state index is 0.333. The van der Waals surface area contributed by atoms with E-state index in [1.54, 1.807) is 0 Å². The summed E-state index contributed by atoms with van der Waals surface area (Å²) in [5.41, 5.74) is 2.99. The van der Waals surface area contributed by atoms with E-state index in [9.17, 15) is 0 Å². The van der Waals surface area contributed by atoms with E-state index in [1.807, 2.05) is 6.20 Å². The Morgan fingerprint density at radius 2 is 2.20 bits per heavy atom. The highest BCUT2D eigenvalue weighted by atomic mass is 15.1. The Hall–Kier alpha value is -1.61. The van der Waals surface area contributed by atoms with Crippen molar-refractivity contribution in [2.45, 2.75) is 45.2 Å². The topological polar surface area (TPSA) is 29.9 Å². The Morgan fingerprint density at radius 3 is 2.95 bits per heavy atom. The largest absolute Gasteiger partial charge is 0.334 e. The number of rotatable bonds is 6. The maximum absolute atomic E-state index is 4.62. The quantitative estimate of drug-likeness (QED) is 0.872. The zero-order chi connectivity index (χ0) is 13.9. The van der Waals surface area contributed by atoms with Gasteiger partial charge in [-0.25, -0.2) is 4.98 Å². The molecular formula is C17H23N3. The Morgan fingerprint density at radius 1 is 1.35 bits per heavy atom. The molecule has 1 aliphatic carbocycles. The summed E-state index contributed by atoms with van der Waals surface area (Å²) in [6, 6.07) is 9.13.